The van der Waals surface area contributed by atoms with Crippen molar-refractivity contribution in [1.82, 2.24) is 19.9 Å². The molecule has 2 aromatic rings. The van der Waals surface area contributed by atoms with E-state index in [-0.39, 0.29) is 18.0 Å². The summed E-state index contributed by atoms with van der Waals surface area (Å²) in [6, 6.07) is 1.52. The minimum Gasteiger partial charge on any atom is -0.355 e. The first-order valence-electron chi connectivity index (χ1n) is 7.42. The lowest BCUT2D eigenvalue weighted by Crippen LogP contribution is -2.35. The Morgan fingerprint density at radius 2 is 2.18 bits per heavy atom. The highest BCUT2D eigenvalue weighted by Gasteiger charge is 2.14. The number of rotatable bonds is 7. The van der Waals surface area contributed by atoms with E-state index in [1.807, 2.05) is 13.8 Å². The Labute approximate surface area is 133 Å². The largest absolute Gasteiger partial charge is 0.355 e. The summed E-state index contributed by atoms with van der Waals surface area (Å²) in [5.41, 5.74) is 0.603. The molecule has 1 N–H and O–H groups in total. The summed E-state index contributed by atoms with van der Waals surface area (Å²) in [6.45, 7) is 4.91. The number of hydrogen-bond donors (Lipinski definition) is 1. The second kappa shape index (κ2) is 7.35. The molecule has 0 atom stereocenters. The van der Waals surface area contributed by atoms with Crippen LogP contribution in [0.15, 0.2) is 10.9 Å². The molecule has 0 saturated heterocycles. The van der Waals surface area contributed by atoms with Crippen molar-refractivity contribution in [3.05, 3.63) is 22.1 Å². The number of likely N-dealkylation sites (N-methyl/N-ethyl adjacent to an activating group) is 1. The summed E-state index contributed by atoms with van der Waals surface area (Å²) < 4.78 is 1.29. The third-order valence-corrected chi connectivity index (χ3v) is 4.10. The molecule has 0 spiro atoms. The minimum atomic E-state index is -0.181. The highest BCUT2D eigenvalue weighted by Crippen LogP contribution is 2.20. The number of anilines is 1. The Morgan fingerprint density at radius 3 is 2.86 bits per heavy atom. The molecule has 1 amide bonds. The van der Waals surface area contributed by atoms with Gasteiger partial charge in [-0.25, -0.2) is 4.98 Å². The maximum Gasteiger partial charge on any atom is 0.275 e. The van der Waals surface area contributed by atoms with Crippen LogP contribution >= 0.6 is 11.3 Å². The van der Waals surface area contributed by atoms with Crippen LogP contribution in [0.4, 0.5) is 5.13 Å². The molecule has 0 saturated carbocycles. The van der Waals surface area contributed by atoms with E-state index in [0.717, 1.165) is 25.0 Å². The second-order valence-corrected chi connectivity index (χ2v) is 6.06. The molecule has 0 aliphatic carbocycles. The number of amides is 1. The molecule has 120 valence electrons. The Hall–Kier alpha value is -1.96. The van der Waals surface area contributed by atoms with E-state index in [4.69, 9.17) is 0 Å². The van der Waals surface area contributed by atoms with Gasteiger partial charge in [-0.15, -0.1) is 5.10 Å². The predicted octanol–water partition coefficient (Wildman–Crippen LogP) is 1.07. The minimum absolute atomic E-state index is 0.0596. The zero-order valence-electron chi connectivity index (χ0n) is 13.1. The normalized spacial score (nSPS) is 10.9. The van der Waals surface area contributed by atoms with Gasteiger partial charge in [0.2, 0.25) is 16.0 Å². The van der Waals surface area contributed by atoms with Crippen molar-refractivity contribution in [2.75, 3.05) is 25.0 Å². The monoisotopic (exact) mass is 323 g/mol. The van der Waals surface area contributed by atoms with Gasteiger partial charge < -0.3 is 10.2 Å². The molecule has 7 nitrogen and oxygen atoms in total. The van der Waals surface area contributed by atoms with Gasteiger partial charge in [0.15, 0.2) is 0 Å². The Bertz CT molecular complexity index is 709. The van der Waals surface area contributed by atoms with Crippen molar-refractivity contribution in [1.29, 1.82) is 0 Å². The van der Waals surface area contributed by atoms with Gasteiger partial charge in [-0.1, -0.05) is 31.6 Å². The van der Waals surface area contributed by atoms with Crippen LogP contribution in [0.25, 0.3) is 4.96 Å². The molecule has 0 bridgehead atoms. The lowest BCUT2D eigenvalue weighted by Gasteiger charge is -2.14. The molecule has 2 heterocycles. The number of hydrogen-bond acceptors (Lipinski definition) is 6. The fraction of sp³-hybridized carbons (Fsp3) is 0.571. The lowest BCUT2D eigenvalue weighted by atomic mass is 10.2. The first-order valence-corrected chi connectivity index (χ1v) is 8.24. The first-order chi connectivity index (χ1) is 10.5. The summed E-state index contributed by atoms with van der Waals surface area (Å²) in [4.78, 5) is 30.5. The molecule has 0 fully saturated rings. The standard InChI is InChI=1S/C14H21N5O2S/c1-4-6-10-8-12(21)19-13(16-10)22-14(17-19)18(3)9-11(20)15-7-5-2/h8H,4-7,9H2,1-3H3,(H,15,20). The summed E-state index contributed by atoms with van der Waals surface area (Å²) in [5, 5.41) is 7.67. The molecule has 8 heteroatoms. The number of carbonyl (C=O) groups is 1. The smallest absolute Gasteiger partial charge is 0.275 e. The summed E-state index contributed by atoms with van der Waals surface area (Å²) in [6.07, 6.45) is 2.61. The van der Waals surface area contributed by atoms with Gasteiger partial charge in [0, 0.05) is 25.4 Å². The molecule has 0 aliphatic heterocycles. The van der Waals surface area contributed by atoms with Gasteiger partial charge in [0.1, 0.15) is 0 Å². The van der Waals surface area contributed by atoms with E-state index >= 15 is 0 Å². The maximum atomic E-state index is 12.0. The fourth-order valence-electron chi connectivity index (χ4n) is 1.99. The topological polar surface area (TPSA) is 79.6 Å². The van der Waals surface area contributed by atoms with E-state index in [1.54, 1.807) is 11.9 Å². The van der Waals surface area contributed by atoms with Crippen molar-refractivity contribution in [2.24, 2.45) is 0 Å². The average Bonchev–Trinajstić information content (AvgIpc) is 2.90. The van der Waals surface area contributed by atoms with Crippen LogP contribution in [-0.2, 0) is 11.2 Å². The number of aromatic nitrogens is 3. The van der Waals surface area contributed by atoms with Crippen LogP contribution in [0.5, 0.6) is 0 Å². The summed E-state index contributed by atoms with van der Waals surface area (Å²) >= 11 is 1.31. The van der Waals surface area contributed by atoms with E-state index in [0.29, 0.717) is 16.6 Å². The number of carbonyl (C=O) groups excluding carboxylic acids is 1. The van der Waals surface area contributed by atoms with Crippen LogP contribution < -0.4 is 15.8 Å². The van der Waals surface area contributed by atoms with Crippen LogP contribution in [0.3, 0.4) is 0 Å². The zero-order valence-corrected chi connectivity index (χ0v) is 13.9. The summed E-state index contributed by atoms with van der Waals surface area (Å²) in [5.74, 6) is -0.0596. The van der Waals surface area contributed by atoms with Crippen molar-refractivity contribution in [3.63, 3.8) is 0 Å². The lowest BCUT2D eigenvalue weighted by molar-refractivity contribution is -0.119. The zero-order chi connectivity index (χ0) is 16.1. The molecule has 0 aromatic carbocycles. The quantitative estimate of drug-likeness (QED) is 0.824. The molecule has 0 radical (unpaired) electrons. The molecular weight excluding hydrogens is 302 g/mol. The number of aryl methyl sites for hydroxylation is 1. The number of fused-ring (bicyclic) bond motifs is 1. The van der Waals surface area contributed by atoms with Gasteiger partial charge in [-0.3, -0.25) is 9.59 Å². The molecule has 0 aliphatic rings. The van der Waals surface area contributed by atoms with Crippen LogP contribution in [0.2, 0.25) is 0 Å². The highest BCUT2D eigenvalue weighted by atomic mass is 32.1. The van der Waals surface area contributed by atoms with Crippen LogP contribution in [0.1, 0.15) is 32.4 Å². The third kappa shape index (κ3) is 3.82. The van der Waals surface area contributed by atoms with Gasteiger partial charge in [0.05, 0.1) is 6.54 Å². The van der Waals surface area contributed by atoms with Crippen LogP contribution in [-0.4, -0.2) is 40.6 Å². The van der Waals surface area contributed by atoms with Crippen molar-refractivity contribution < 1.29 is 4.79 Å². The molecule has 2 rings (SSSR count). The van der Waals surface area contributed by atoms with E-state index in [9.17, 15) is 9.59 Å². The summed E-state index contributed by atoms with van der Waals surface area (Å²) in [7, 11) is 1.78. The van der Waals surface area contributed by atoms with Gasteiger partial charge in [-0.05, 0) is 12.8 Å². The molecule has 22 heavy (non-hydrogen) atoms. The Balaban J connectivity index is 2.19. The van der Waals surface area contributed by atoms with Crippen LogP contribution in [0, 0.1) is 0 Å². The van der Waals surface area contributed by atoms with Crippen molar-refractivity contribution in [2.45, 2.75) is 33.1 Å². The maximum absolute atomic E-state index is 12.0. The van der Waals surface area contributed by atoms with E-state index in [1.165, 1.54) is 21.9 Å². The first kappa shape index (κ1) is 16.4. The SMILES string of the molecule is CCCNC(=O)CN(C)c1nn2c(=O)cc(CCC)nc2s1. The van der Waals surface area contributed by atoms with Crippen molar-refractivity contribution in [3.8, 4) is 0 Å². The Kier molecular flexibility index (Phi) is 5.48. The van der Waals surface area contributed by atoms with E-state index in [2.05, 4.69) is 15.4 Å². The highest BCUT2D eigenvalue weighted by molar-refractivity contribution is 7.20. The Morgan fingerprint density at radius 1 is 1.41 bits per heavy atom. The fourth-order valence-corrected chi connectivity index (χ4v) is 2.87. The van der Waals surface area contributed by atoms with E-state index < -0.39 is 0 Å². The van der Waals surface area contributed by atoms with Crippen molar-refractivity contribution >= 4 is 27.3 Å². The second-order valence-electron chi connectivity index (χ2n) is 5.12. The average molecular weight is 323 g/mol. The molecule has 0 unspecified atom stereocenters. The van der Waals surface area contributed by atoms with Gasteiger partial charge in [0.25, 0.3) is 5.56 Å². The van der Waals surface area contributed by atoms with Gasteiger partial charge in [-0.2, -0.15) is 4.52 Å². The number of nitrogens with zero attached hydrogens (tertiary/aromatic N) is 4. The molecule has 2 aromatic heterocycles. The van der Waals surface area contributed by atoms with Gasteiger partial charge >= 0.3 is 0 Å². The number of nitrogens with one attached hydrogen (secondary N) is 1. The third-order valence-electron chi connectivity index (χ3n) is 3.07. The predicted molar refractivity (Wildman–Crippen MR) is 87.7 cm³/mol. The molecular formula is C14H21N5O2S.